The summed E-state index contributed by atoms with van der Waals surface area (Å²) in [6.45, 7) is 4.61. The minimum absolute atomic E-state index is 0.312. The van der Waals surface area contributed by atoms with Gasteiger partial charge in [0, 0.05) is 12.1 Å². The zero-order valence-corrected chi connectivity index (χ0v) is 14.5. The molecule has 0 spiro atoms. The maximum Gasteiger partial charge on any atom is 0.315 e. The topological polar surface area (TPSA) is 103 Å². The summed E-state index contributed by atoms with van der Waals surface area (Å²) < 4.78 is 10.8. The number of nitrogens with two attached hydrogens (primary N) is 1. The van der Waals surface area contributed by atoms with Gasteiger partial charge in [0.1, 0.15) is 5.76 Å². The summed E-state index contributed by atoms with van der Waals surface area (Å²) in [5.41, 5.74) is 9.41. The van der Waals surface area contributed by atoms with Gasteiger partial charge < -0.3 is 20.0 Å². The molecule has 1 aromatic carbocycles. The number of aromatic nitrogens is 3. The third kappa shape index (κ3) is 4.45. The van der Waals surface area contributed by atoms with E-state index in [4.69, 9.17) is 14.7 Å². The summed E-state index contributed by atoms with van der Waals surface area (Å²) in [6, 6.07) is 10.1. The van der Waals surface area contributed by atoms with E-state index in [0.717, 1.165) is 42.0 Å². The first-order valence-corrected chi connectivity index (χ1v) is 8.42. The molecule has 2 aromatic heterocycles. The van der Waals surface area contributed by atoms with Crippen molar-refractivity contribution in [2.45, 2.75) is 39.2 Å². The SMILES string of the molecule is Cc1noc(C)c1CCCNc1nnc([C@H](N)Cc2ccccc2)o1. The molecule has 1 atom stereocenters. The number of nitrogens with one attached hydrogen (secondary N) is 1. The van der Waals surface area contributed by atoms with Gasteiger partial charge in [-0.05, 0) is 38.7 Å². The van der Waals surface area contributed by atoms with E-state index in [1.807, 2.05) is 44.2 Å². The summed E-state index contributed by atoms with van der Waals surface area (Å²) in [4.78, 5) is 0. The van der Waals surface area contributed by atoms with E-state index >= 15 is 0 Å². The van der Waals surface area contributed by atoms with E-state index in [1.165, 1.54) is 0 Å². The Bertz CT molecular complexity index is 777. The van der Waals surface area contributed by atoms with Crippen LogP contribution in [0.4, 0.5) is 6.01 Å². The second-order valence-electron chi connectivity index (χ2n) is 6.07. The minimum atomic E-state index is -0.312. The van der Waals surface area contributed by atoms with Crippen LogP contribution in [0.25, 0.3) is 0 Å². The summed E-state index contributed by atoms with van der Waals surface area (Å²) in [5.74, 6) is 1.32. The molecule has 7 nitrogen and oxygen atoms in total. The van der Waals surface area contributed by atoms with Crippen LogP contribution in [0.2, 0.25) is 0 Å². The Morgan fingerprint density at radius 2 is 1.96 bits per heavy atom. The summed E-state index contributed by atoms with van der Waals surface area (Å²) in [5, 5.41) is 15.1. The Kier molecular flexibility index (Phi) is 5.45. The Labute approximate surface area is 146 Å². The second kappa shape index (κ2) is 7.94. The Balaban J connectivity index is 1.47. The van der Waals surface area contributed by atoms with Crippen molar-refractivity contribution in [3.8, 4) is 0 Å². The van der Waals surface area contributed by atoms with Crippen molar-refractivity contribution in [2.75, 3.05) is 11.9 Å². The lowest BCUT2D eigenvalue weighted by atomic mass is 10.1. The van der Waals surface area contributed by atoms with Gasteiger partial charge in [-0.25, -0.2) is 0 Å². The lowest BCUT2D eigenvalue weighted by Gasteiger charge is -2.06. The monoisotopic (exact) mass is 341 g/mol. The predicted molar refractivity (Wildman–Crippen MR) is 94.2 cm³/mol. The van der Waals surface area contributed by atoms with Crippen molar-refractivity contribution < 1.29 is 8.94 Å². The van der Waals surface area contributed by atoms with Gasteiger partial charge in [0.2, 0.25) is 5.89 Å². The molecule has 0 radical (unpaired) electrons. The highest BCUT2D eigenvalue weighted by atomic mass is 16.5. The van der Waals surface area contributed by atoms with E-state index < -0.39 is 0 Å². The first-order chi connectivity index (χ1) is 12.1. The molecule has 25 heavy (non-hydrogen) atoms. The number of hydrogen-bond acceptors (Lipinski definition) is 7. The van der Waals surface area contributed by atoms with Crippen LogP contribution in [0, 0.1) is 13.8 Å². The van der Waals surface area contributed by atoms with Crippen LogP contribution in [0.3, 0.4) is 0 Å². The molecule has 0 unspecified atom stereocenters. The second-order valence-corrected chi connectivity index (χ2v) is 6.07. The molecular formula is C18H23N5O2. The number of anilines is 1. The zero-order chi connectivity index (χ0) is 17.6. The quantitative estimate of drug-likeness (QED) is 0.607. The van der Waals surface area contributed by atoms with Crippen molar-refractivity contribution in [1.82, 2.24) is 15.4 Å². The minimum Gasteiger partial charge on any atom is -0.406 e. The van der Waals surface area contributed by atoms with Gasteiger partial charge in [-0.3, -0.25) is 0 Å². The molecule has 0 bridgehead atoms. The molecule has 0 fully saturated rings. The number of aryl methyl sites for hydroxylation is 2. The summed E-state index contributed by atoms with van der Waals surface area (Å²) in [7, 11) is 0. The van der Waals surface area contributed by atoms with Crippen LogP contribution < -0.4 is 11.1 Å². The van der Waals surface area contributed by atoms with Crippen LogP contribution >= 0.6 is 0 Å². The smallest absolute Gasteiger partial charge is 0.315 e. The average molecular weight is 341 g/mol. The molecule has 3 aromatic rings. The summed E-state index contributed by atoms with van der Waals surface area (Å²) in [6.07, 6.45) is 2.47. The van der Waals surface area contributed by atoms with Gasteiger partial charge in [-0.2, -0.15) is 0 Å². The molecule has 132 valence electrons. The lowest BCUT2D eigenvalue weighted by Crippen LogP contribution is -2.13. The summed E-state index contributed by atoms with van der Waals surface area (Å²) >= 11 is 0. The van der Waals surface area contributed by atoms with Gasteiger partial charge in [-0.1, -0.05) is 40.6 Å². The molecule has 0 aliphatic carbocycles. The van der Waals surface area contributed by atoms with Gasteiger partial charge in [0.25, 0.3) is 0 Å². The van der Waals surface area contributed by atoms with Crippen LogP contribution in [-0.2, 0) is 12.8 Å². The van der Waals surface area contributed by atoms with Crippen LogP contribution in [0.15, 0.2) is 39.3 Å². The highest BCUT2D eigenvalue weighted by molar-refractivity contribution is 5.22. The lowest BCUT2D eigenvalue weighted by molar-refractivity contribution is 0.392. The van der Waals surface area contributed by atoms with Gasteiger partial charge >= 0.3 is 6.01 Å². The first kappa shape index (κ1) is 17.2. The van der Waals surface area contributed by atoms with Crippen molar-refractivity contribution >= 4 is 6.01 Å². The Hall–Kier alpha value is -2.67. The first-order valence-electron chi connectivity index (χ1n) is 8.42. The van der Waals surface area contributed by atoms with Crippen molar-refractivity contribution in [2.24, 2.45) is 5.73 Å². The highest BCUT2D eigenvalue weighted by Crippen LogP contribution is 2.17. The van der Waals surface area contributed by atoms with Crippen LogP contribution in [0.5, 0.6) is 0 Å². The number of rotatable bonds is 8. The fourth-order valence-corrected chi connectivity index (χ4v) is 2.73. The molecule has 3 rings (SSSR count). The largest absolute Gasteiger partial charge is 0.406 e. The van der Waals surface area contributed by atoms with Crippen molar-refractivity contribution in [3.63, 3.8) is 0 Å². The fourth-order valence-electron chi connectivity index (χ4n) is 2.73. The van der Waals surface area contributed by atoms with E-state index in [-0.39, 0.29) is 6.04 Å². The van der Waals surface area contributed by atoms with E-state index in [1.54, 1.807) is 0 Å². The fraction of sp³-hybridized carbons (Fsp3) is 0.389. The standard InChI is InChI=1S/C18H23N5O2/c1-12-15(13(2)25-23-12)9-6-10-20-18-22-21-17(24-18)16(19)11-14-7-4-3-5-8-14/h3-5,7-8,16H,6,9-11,19H2,1-2H3,(H,20,22)/t16-/m1/s1. The third-order valence-electron chi connectivity index (χ3n) is 4.12. The van der Waals surface area contributed by atoms with Gasteiger partial charge in [0.15, 0.2) is 0 Å². The maximum absolute atomic E-state index is 6.15. The molecule has 3 N–H and O–H groups in total. The van der Waals surface area contributed by atoms with Crippen molar-refractivity contribution in [1.29, 1.82) is 0 Å². The number of nitrogens with zero attached hydrogens (tertiary/aromatic N) is 3. The normalized spacial score (nSPS) is 12.3. The third-order valence-corrected chi connectivity index (χ3v) is 4.12. The molecule has 0 amide bonds. The molecule has 0 saturated heterocycles. The molecule has 0 aliphatic heterocycles. The zero-order valence-electron chi connectivity index (χ0n) is 14.5. The van der Waals surface area contributed by atoms with Gasteiger partial charge in [0.05, 0.1) is 11.7 Å². The highest BCUT2D eigenvalue weighted by Gasteiger charge is 2.15. The molecule has 7 heteroatoms. The Morgan fingerprint density at radius 1 is 1.16 bits per heavy atom. The maximum atomic E-state index is 6.15. The number of hydrogen-bond donors (Lipinski definition) is 2. The molecular weight excluding hydrogens is 318 g/mol. The molecule has 0 aliphatic rings. The van der Waals surface area contributed by atoms with E-state index in [0.29, 0.717) is 18.3 Å². The predicted octanol–water partition coefficient (Wildman–Crippen LogP) is 2.96. The van der Waals surface area contributed by atoms with Crippen LogP contribution in [-0.4, -0.2) is 21.9 Å². The van der Waals surface area contributed by atoms with E-state index in [2.05, 4.69) is 20.7 Å². The van der Waals surface area contributed by atoms with Gasteiger partial charge in [-0.15, -0.1) is 5.10 Å². The molecule has 2 heterocycles. The van der Waals surface area contributed by atoms with Crippen molar-refractivity contribution in [3.05, 3.63) is 58.8 Å². The molecule has 0 saturated carbocycles. The van der Waals surface area contributed by atoms with Crippen LogP contribution in [0.1, 0.15) is 40.9 Å². The Morgan fingerprint density at radius 3 is 2.68 bits per heavy atom. The average Bonchev–Trinajstić information content (AvgIpc) is 3.21. The number of benzene rings is 1. The van der Waals surface area contributed by atoms with E-state index in [9.17, 15) is 0 Å².